The van der Waals surface area contributed by atoms with Crippen LogP contribution in [0.25, 0.3) is 22.3 Å². The van der Waals surface area contributed by atoms with Crippen LogP contribution in [-0.2, 0) is 5.75 Å². The van der Waals surface area contributed by atoms with E-state index in [0.717, 1.165) is 38.9 Å². The summed E-state index contributed by atoms with van der Waals surface area (Å²) in [5.41, 5.74) is 3.19. The van der Waals surface area contributed by atoms with E-state index in [1.54, 1.807) is 18.9 Å². The minimum absolute atomic E-state index is 0.721. The van der Waals surface area contributed by atoms with E-state index in [2.05, 4.69) is 44.4 Å². The third kappa shape index (κ3) is 3.34. The zero-order chi connectivity index (χ0) is 17.1. The summed E-state index contributed by atoms with van der Waals surface area (Å²) in [5.74, 6) is 2.34. The monoisotopic (exact) mass is 348 g/mol. The van der Waals surface area contributed by atoms with Gasteiger partial charge in [0.25, 0.3) is 0 Å². The Balaban J connectivity index is 1.51. The van der Waals surface area contributed by atoms with Gasteiger partial charge in [0.1, 0.15) is 5.75 Å². The first kappa shape index (κ1) is 15.7. The van der Waals surface area contributed by atoms with Crippen molar-refractivity contribution in [2.75, 3.05) is 7.11 Å². The number of hydrogen-bond donors (Lipinski definition) is 1. The lowest BCUT2D eigenvalue weighted by molar-refractivity contribution is 0.415. The van der Waals surface area contributed by atoms with Gasteiger partial charge in [-0.25, -0.2) is 4.98 Å². The smallest absolute Gasteiger partial charge is 0.209 e. The Labute approximate surface area is 149 Å². The average molecular weight is 348 g/mol. The van der Waals surface area contributed by atoms with Crippen LogP contribution in [0.1, 0.15) is 5.56 Å². The third-order valence-electron chi connectivity index (χ3n) is 3.90. The Morgan fingerprint density at radius 2 is 1.88 bits per heavy atom. The highest BCUT2D eigenvalue weighted by atomic mass is 32.2. The molecule has 0 radical (unpaired) electrons. The first-order valence-corrected chi connectivity index (χ1v) is 8.84. The van der Waals surface area contributed by atoms with Gasteiger partial charge < -0.3 is 4.74 Å². The van der Waals surface area contributed by atoms with Gasteiger partial charge in [-0.1, -0.05) is 36.0 Å². The van der Waals surface area contributed by atoms with E-state index in [1.807, 2.05) is 36.5 Å². The number of methoxy groups -OCH3 is 1. The molecule has 25 heavy (non-hydrogen) atoms. The second-order valence-electron chi connectivity index (χ2n) is 5.48. The van der Waals surface area contributed by atoms with Crippen molar-refractivity contribution < 1.29 is 4.74 Å². The lowest BCUT2D eigenvalue weighted by atomic mass is 10.1. The molecule has 0 saturated heterocycles. The summed E-state index contributed by atoms with van der Waals surface area (Å²) in [6.45, 7) is 0. The van der Waals surface area contributed by atoms with Gasteiger partial charge in [0.2, 0.25) is 5.16 Å². The standard InChI is InChI=1S/C19H16N4OS/c1-24-16-9-7-14(8-10-16)18-21-19(23-22-18)25-12-15-5-2-4-13-6-3-11-20-17(13)15/h2-11H,12H2,1H3,(H,21,22,23). The number of aromatic amines is 1. The highest BCUT2D eigenvalue weighted by Gasteiger charge is 2.08. The van der Waals surface area contributed by atoms with E-state index in [4.69, 9.17) is 4.74 Å². The zero-order valence-electron chi connectivity index (χ0n) is 13.6. The number of pyridine rings is 1. The molecule has 0 amide bonds. The Kier molecular flexibility index (Phi) is 4.35. The number of hydrogen-bond acceptors (Lipinski definition) is 5. The summed E-state index contributed by atoms with van der Waals surface area (Å²) < 4.78 is 5.18. The number of aromatic nitrogens is 4. The van der Waals surface area contributed by atoms with E-state index in [-0.39, 0.29) is 0 Å². The van der Waals surface area contributed by atoms with Crippen LogP contribution >= 0.6 is 11.8 Å². The zero-order valence-corrected chi connectivity index (χ0v) is 14.5. The molecular formula is C19H16N4OS. The first-order chi connectivity index (χ1) is 12.3. The molecule has 0 aliphatic heterocycles. The number of nitrogens with one attached hydrogen (secondary N) is 1. The Morgan fingerprint density at radius 1 is 1.04 bits per heavy atom. The van der Waals surface area contributed by atoms with Gasteiger partial charge >= 0.3 is 0 Å². The summed E-state index contributed by atoms with van der Waals surface area (Å²) in [7, 11) is 1.65. The molecule has 1 N–H and O–H groups in total. The Hall–Kier alpha value is -2.86. The van der Waals surface area contributed by atoms with Gasteiger partial charge in [0.05, 0.1) is 12.6 Å². The third-order valence-corrected chi connectivity index (χ3v) is 4.80. The number of nitrogens with zero attached hydrogens (tertiary/aromatic N) is 3. The molecule has 4 aromatic rings. The lowest BCUT2D eigenvalue weighted by Gasteiger charge is -2.03. The van der Waals surface area contributed by atoms with Crippen molar-refractivity contribution >= 4 is 22.7 Å². The number of para-hydroxylation sites is 1. The molecule has 2 aromatic carbocycles. The number of thioether (sulfide) groups is 1. The van der Waals surface area contributed by atoms with Crippen molar-refractivity contribution in [1.29, 1.82) is 0 Å². The fourth-order valence-electron chi connectivity index (χ4n) is 2.62. The number of rotatable bonds is 5. The second kappa shape index (κ2) is 6.94. The summed E-state index contributed by atoms with van der Waals surface area (Å²) >= 11 is 1.59. The molecule has 0 bridgehead atoms. The van der Waals surface area contributed by atoms with E-state index in [1.165, 1.54) is 5.56 Å². The van der Waals surface area contributed by atoms with E-state index < -0.39 is 0 Å². The molecule has 0 unspecified atom stereocenters. The Morgan fingerprint density at radius 3 is 2.72 bits per heavy atom. The average Bonchev–Trinajstić information content (AvgIpc) is 3.15. The summed E-state index contributed by atoms with van der Waals surface area (Å²) in [4.78, 5) is 9.05. The van der Waals surface area contributed by atoms with E-state index in [9.17, 15) is 0 Å². The van der Waals surface area contributed by atoms with Crippen LogP contribution in [0.5, 0.6) is 5.75 Å². The second-order valence-corrected chi connectivity index (χ2v) is 6.42. The molecule has 0 spiro atoms. The first-order valence-electron chi connectivity index (χ1n) is 7.86. The predicted molar refractivity (Wildman–Crippen MR) is 99.7 cm³/mol. The van der Waals surface area contributed by atoms with E-state index in [0.29, 0.717) is 0 Å². The molecule has 2 aromatic heterocycles. The maximum atomic E-state index is 5.18. The number of ether oxygens (including phenoxy) is 1. The van der Waals surface area contributed by atoms with Crippen molar-refractivity contribution in [2.24, 2.45) is 0 Å². The van der Waals surface area contributed by atoms with Crippen molar-refractivity contribution in [3.63, 3.8) is 0 Å². The van der Waals surface area contributed by atoms with Crippen LogP contribution < -0.4 is 4.74 Å². The van der Waals surface area contributed by atoms with Crippen LogP contribution in [0.3, 0.4) is 0 Å². The van der Waals surface area contributed by atoms with E-state index >= 15 is 0 Å². The molecule has 5 nitrogen and oxygen atoms in total. The van der Waals surface area contributed by atoms with Gasteiger partial charge in [-0.15, -0.1) is 5.10 Å². The SMILES string of the molecule is COc1ccc(-c2nc(SCc3cccc4cccnc34)n[nH]2)cc1. The maximum Gasteiger partial charge on any atom is 0.209 e. The minimum atomic E-state index is 0.721. The summed E-state index contributed by atoms with van der Waals surface area (Å²) in [6, 6.07) is 18.0. The summed E-state index contributed by atoms with van der Waals surface area (Å²) in [6.07, 6.45) is 1.82. The fourth-order valence-corrected chi connectivity index (χ4v) is 3.40. The van der Waals surface area contributed by atoms with Crippen LogP contribution in [0.2, 0.25) is 0 Å². The number of fused-ring (bicyclic) bond motifs is 1. The topological polar surface area (TPSA) is 63.7 Å². The van der Waals surface area contributed by atoms with Gasteiger partial charge in [-0.05, 0) is 35.9 Å². The molecule has 4 rings (SSSR count). The number of H-pyrrole nitrogens is 1. The maximum absolute atomic E-state index is 5.18. The normalized spacial score (nSPS) is 10.9. The van der Waals surface area contributed by atoms with Crippen molar-refractivity contribution in [2.45, 2.75) is 10.9 Å². The molecular weight excluding hydrogens is 332 g/mol. The van der Waals surface area contributed by atoms with Crippen LogP contribution in [-0.4, -0.2) is 27.3 Å². The molecule has 2 heterocycles. The molecule has 0 fully saturated rings. The lowest BCUT2D eigenvalue weighted by Crippen LogP contribution is -1.87. The molecule has 0 saturated carbocycles. The highest BCUT2D eigenvalue weighted by Crippen LogP contribution is 2.26. The molecule has 0 atom stereocenters. The summed E-state index contributed by atoms with van der Waals surface area (Å²) in [5, 5.41) is 9.17. The van der Waals surface area contributed by atoms with Gasteiger partial charge in [0, 0.05) is 22.9 Å². The van der Waals surface area contributed by atoms with Crippen LogP contribution in [0.4, 0.5) is 0 Å². The van der Waals surface area contributed by atoms with Crippen molar-refractivity contribution in [3.05, 3.63) is 66.4 Å². The molecule has 0 aliphatic rings. The molecule has 0 aliphatic carbocycles. The molecule has 124 valence electrons. The number of benzene rings is 2. The quantitative estimate of drug-likeness (QED) is 0.544. The highest BCUT2D eigenvalue weighted by molar-refractivity contribution is 7.98. The largest absolute Gasteiger partial charge is 0.497 e. The predicted octanol–water partition coefficient (Wildman–Crippen LogP) is 4.32. The van der Waals surface area contributed by atoms with Crippen LogP contribution in [0.15, 0.2) is 66.0 Å². The van der Waals surface area contributed by atoms with Crippen molar-refractivity contribution in [3.8, 4) is 17.1 Å². The van der Waals surface area contributed by atoms with Crippen LogP contribution in [0, 0.1) is 0 Å². The fraction of sp³-hybridized carbons (Fsp3) is 0.105. The van der Waals surface area contributed by atoms with Crippen molar-refractivity contribution in [1.82, 2.24) is 20.2 Å². The van der Waals surface area contributed by atoms with Gasteiger partial charge in [-0.3, -0.25) is 10.1 Å². The Bertz CT molecular complexity index is 992. The van der Waals surface area contributed by atoms with Gasteiger partial charge in [-0.2, -0.15) is 0 Å². The minimum Gasteiger partial charge on any atom is -0.497 e. The molecule has 6 heteroatoms. The van der Waals surface area contributed by atoms with Gasteiger partial charge in [0.15, 0.2) is 5.82 Å².